The number of morpholine rings is 1. The topological polar surface area (TPSA) is 80.5 Å². The van der Waals surface area contributed by atoms with Gasteiger partial charge in [0.05, 0.1) is 29.9 Å². The van der Waals surface area contributed by atoms with E-state index in [-0.39, 0.29) is 11.9 Å². The molecule has 0 bridgehead atoms. The minimum absolute atomic E-state index is 0.0997. The van der Waals surface area contributed by atoms with Gasteiger partial charge >= 0.3 is 0 Å². The summed E-state index contributed by atoms with van der Waals surface area (Å²) in [5.74, 6) is 0.340. The molecule has 1 aliphatic rings. The maximum atomic E-state index is 12.9. The second-order valence-corrected chi connectivity index (χ2v) is 7.13. The van der Waals surface area contributed by atoms with Gasteiger partial charge in [-0.2, -0.15) is 0 Å². The monoisotopic (exact) mass is 360 g/mol. The molecule has 0 saturated carbocycles. The van der Waals surface area contributed by atoms with Crippen molar-refractivity contribution < 1.29 is 14.1 Å². The Morgan fingerprint density at radius 2 is 2.08 bits per heavy atom. The van der Waals surface area contributed by atoms with Gasteiger partial charge in [0.2, 0.25) is 0 Å². The lowest BCUT2D eigenvalue weighted by molar-refractivity contribution is 0.00673. The van der Waals surface area contributed by atoms with Gasteiger partial charge in [-0.25, -0.2) is 4.98 Å². The molecule has 3 heterocycles. The van der Waals surface area contributed by atoms with E-state index in [1.54, 1.807) is 0 Å². The Labute approximate surface area is 154 Å². The molecule has 7 heteroatoms. The number of aryl methyl sites for hydroxylation is 2. The molecule has 0 unspecified atom stereocenters. The maximum Gasteiger partial charge on any atom is 0.258 e. The molecule has 1 fully saturated rings. The number of aromatic nitrogens is 2. The number of fused-ring (bicyclic) bond motifs is 1. The van der Waals surface area contributed by atoms with Crippen LogP contribution in [0.1, 0.15) is 42.5 Å². The number of rotatable bonds is 6. The van der Waals surface area contributed by atoms with Crippen LogP contribution in [-0.2, 0) is 11.2 Å². The van der Waals surface area contributed by atoms with Crippen molar-refractivity contribution in [1.29, 1.82) is 0 Å². The van der Waals surface area contributed by atoms with Crippen LogP contribution in [0.2, 0.25) is 0 Å². The fourth-order valence-corrected chi connectivity index (χ4v) is 3.49. The van der Waals surface area contributed by atoms with Crippen LogP contribution in [0.25, 0.3) is 11.1 Å². The lowest BCUT2D eigenvalue weighted by Crippen LogP contribution is -2.51. The van der Waals surface area contributed by atoms with Gasteiger partial charge < -0.3 is 14.6 Å². The highest BCUT2D eigenvalue weighted by Gasteiger charge is 2.25. The number of hydrogen-bond acceptors (Lipinski definition) is 6. The highest BCUT2D eigenvalue weighted by atomic mass is 16.5. The minimum atomic E-state index is -0.0997. The normalized spacial score (nSPS) is 17.0. The fourth-order valence-electron chi connectivity index (χ4n) is 3.49. The van der Waals surface area contributed by atoms with E-state index in [0.29, 0.717) is 34.8 Å². The third kappa shape index (κ3) is 3.88. The Morgan fingerprint density at radius 1 is 1.35 bits per heavy atom. The molecular formula is C19H28N4O3. The van der Waals surface area contributed by atoms with E-state index in [0.717, 1.165) is 38.4 Å². The maximum absolute atomic E-state index is 12.9. The van der Waals surface area contributed by atoms with Gasteiger partial charge in [0.15, 0.2) is 0 Å². The van der Waals surface area contributed by atoms with Crippen molar-refractivity contribution >= 4 is 17.0 Å². The van der Waals surface area contributed by atoms with E-state index < -0.39 is 0 Å². The summed E-state index contributed by atoms with van der Waals surface area (Å²) >= 11 is 0. The number of carbonyl (C=O) groups is 1. The summed E-state index contributed by atoms with van der Waals surface area (Å²) < 4.78 is 10.7. The second kappa shape index (κ2) is 8.14. The molecule has 1 atom stereocenters. The molecule has 0 spiro atoms. The van der Waals surface area contributed by atoms with Crippen LogP contribution >= 0.6 is 0 Å². The first-order chi connectivity index (χ1) is 12.5. The largest absolute Gasteiger partial charge is 0.379 e. The molecule has 1 N–H and O–H groups in total. The molecule has 7 nitrogen and oxygen atoms in total. The smallest absolute Gasteiger partial charge is 0.258 e. The van der Waals surface area contributed by atoms with Crippen LogP contribution in [0.5, 0.6) is 0 Å². The zero-order valence-corrected chi connectivity index (χ0v) is 16.0. The van der Waals surface area contributed by atoms with E-state index in [1.807, 2.05) is 19.9 Å². The Morgan fingerprint density at radius 3 is 2.73 bits per heavy atom. The zero-order chi connectivity index (χ0) is 18.7. The molecule has 142 valence electrons. The van der Waals surface area contributed by atoms with Crippen molar-refractivity contribution in [2.24, 2.45) is 5.92 Å². The summed E-state index contributed by atoms with van der Waals surface area (Å²) in [6.07, 6.45) is 0.734. The average molecular weight is 360 g/mol. The third-order valence-electron chi connectivity index (χ3n) is 5.03. The summed E-state index contributed by atoms with van der Waals surface area (Å²) in [5, 5.41) is 7.79. The van der Waals surface area contributed by atoms with E-state index in [1.165, 1.54) is 0 Å². The van der Waals surface area contributed by atoms with Gasteiger partial charge in [-0.3, -0.25) is 9.69 Å². The van der Waals surface area contributed by atoms with Gasteiger partial charge in [0.25, 0.3) is 11.6 Å². The van der Waals surface area contributed by atoms with E-state index in [9.17, 15) is 4.79 Å². The second-order valence-electron chi connectivity index (χ2n) is 7.13. The molecule has 26 heavy (non-hydrogen) atoms. The van der Waals surface area contributed by atoms with Crippen molar-refractivity contribution in [1.82, 2.24) is 20.4 Å². The number of nitrogens with one attached hydrogen (secondary N) is 1. The summed E-state index contributed by atoms with van der Waals surface area (Å²) in [6.45, 7) is 12.1. The predicted molar refractivity (Wildman–Crippen MR) is 99.3 cm³/mol. The molecule has 0 aromatic carbocycles. The lowest BCUT2D eigenvalue weighted by atomic mass is 10.0. The zero-order valence-electron chi connectivity index (χ0n) is 16.0. The lowest BCUT2D eigenvalue weighted by Gasteiger charge is -2.36. The Kier molecular flexibility index (Phi) is 5.88. The molecule has 0 radical (unpaired) electrons. The van der Waals surface area contributed by atoms with E-state index in [2.05, 4.69) is 34.2 Å². The van der Waals surface area contributed by atoms with Crippen LogP contribution in [0.4, 0.5) is 0 Å². The number of nitrogens with zero attached hydrogens (tertiary/aromatic N) is 3. The highest BCUT2D eigenvalue weighted by Crippen LogP contribution is 2.22. The Bertz CT molecular complexity index is 765. The number of carbonyl (C=O) groups excluding carboxylic acids is 1. The van der Waals surface area contributed by atoms with Crippen LogP contribution in [-0.4, -0.2) is 59.8 Å². The SMILES string of the molecule is CCc1cc(C(=O)NC[C@H](C(C)C)N2CCOCC2)c2c(C)noc2n1. The van der Waals surface area contributed by atoms with Crippen molar-refractivity contribution in [2.45, 2.75) is 40.2 Å². The van der Waals surface area contributed by atoms with Crippen molar-refractivity contribution in [3.8, 4) is 0 Å². The predicted octanol–water partition coefficient (Wildman–Crippen LogP) is 2.18. The summed E-state index contributed by atoms with van der Waals surface area (Å²) in [5.41, 5.74) is 2.54. The van der Waals surface area contributed by atoms with Crippen LogP contribution in [0.15, 0.2) is 10.6 Å². The van der Waals surface area contributed by atoms with Crippen LogP contribution in [0, 0.1) is 12.8 Å². The highest BCUT2D eigenvalue weighted by molar-refractivity contribution is 6.06. The molecule has 1 saturated heterocycles. The van der Waals surface area contributed by atoms with E-state index >= 15 is 0 Å². The van der Waals surface area contributed by atoms with Gasteiger partial charge in [-0.05, 0) is 25.3 Å². The van der Waals surface area contributed by atoms with Gasteiger partial charge in [0, 0.05) is 31.4 Å². The molecular weight excluding hydrogens is 332 g/mol. The summed E-state index contributed by atoms with van der Waals surface area (Å²) in [4.78, 5) is 19.8. The van der Waals surface area contributed by atoms with Crippen LogP contribution < -0.4 is 5.32 Å². The van der Waals surface area contributed by atoms with Crippen LogP contribution in [0.3, 0.4) is 0 Å². The Hall–Kier alpha value is -1.99. The molecule has 3 rings (SSSR count). The summed E-state index contributed by atoms with van der Waals surface area (Å²) in [7, 11) is 0. The van der Waals surface area contributed by atoms with Crippen molar-refractivity contribution in [2.75, 3.05) is 32.8 Å². The third-order valence-corrected chi connectivity index (χ3v) is 5.03. The standard InChI is InChI=1S/C19H28N4O3/c1-5-14-10-15(17-13(4)22-26-19(17)21-14)18(24)20-11-16(12(2)3)23-6-8-25-9-7-23/h10,12,16H,5-9,11H2,1-4H3,(H,20,24)/t16-/m1/s1. The first-order valence-electron chi connectivity index (χ1n) is 9.37. The number of hydrogen-bond donors (Lipinski definition) is 1. The quantitative estimate of drug-likeness (QED) is 0.850. The van der Waals surface area contributed by atoms with Gasteiger partial charge in [-0.15, -0.1) is 0 Å². The molecule has 2 aromatic heterocycles. The van der Waals surface area contributed by atoms with Gasteiger partial charge in [0.1, 0.15) is 0 Å². The minimum Gasteiger partial charge on any atom is -0.379 e. The molecule has 2 aromatic rings. The molecule has 1 aliphatic heterocycles. The number of amides is 1. The fraction of sp³-hybridized carbons (Fsp3) is 0.632. The summed E-state index contributed by atoms with van der Waals surface area (Å²) in [6, 6.07) is 2.13. The first kappa shape index (κ1) is 18.8. The molecule has 1 amide bonds. The molecule has 0 aliphatic carbocycles. The average Bonchev–Trinajstić information content (AvgIpc) is 3.02. The number of pyridine rings is 1. The number of ether oxygens (including phenoxy) is 1. The Balaban J connectivity index is 1.78. The van der Waals surface area contributed by atoms with Crippen molar-refractivity contribution in [3.63, 3.8) is 0 Å². The first-order valence-corrected chi connectivity index (χ1v) is 9.37. The van der Waals surface area contributed by atoms with E-state index in [4.69, 9.17) is 9.26 Å². The van der Waals surface area contributed by atoms with Gasteiger partial charge in [-0.1, -0.05) is 25.9 Å². The van der Waals surface area contributed by atoms with Crippen molar-refractivity contribution in [3.05, 3.63) is 23.0 Å².